The van der Waals surface area contributed by atoms with Crippen molar-refractivity contribution < 1.29 is 0 Å². The van der Waals surface area contributed by atoms with Crippen LogP contribution >= 0.6 is 0 Å². The molecule has 1 heteroatoms. The van der Waals surface area contributed by atoms with Gasteiger partial charge in [-0.3, -0.25) is 0 Å². The molecule has 1 fully saturated rings. The van der Waals surface area contributed by atoms with E-state index in [0.717, 1.165) is 0 Å². The standard InChI is InChI=1S/C30H61N/c1-7-11-15-18-23-28(5,22-14-10-4)30(26-21-27-31-30)29(6,24-19-16-12-8-2)25-20-17-13-9-3/h31H,7-27H2,1-6H3. The highest BCUT2D eigenvalue weighted by atomic mass is 15.1. The average molecular weight is 436 g/mol. The number of nitrogens with one attached hydrogen (secondary N) is 1. The van der Waals surface area contributed by atoms with Gasteiger partial charge in [0.1, 0.15) is 0 Å². The average Bonchev–Trinajstić information content (AvgIpc) is 3.29. The summed E-state index contributed by atoms with van der Waals surface area (Å²) in [5, 5.41) is 4.28. The highest BCUT2D eigenvalue weighted by Crippen LogP contribution is 2.58. The van der Waals surface area contributed by atoms with Crippen molar-refractivity contribution in [2.24, 2.45) is 10.8 Å². The minimum atomic E-state index is 0.347. The monoisotopic (exact) mass is 435 g/mol. The molecule has 2 atom stereocenters. The van der Waals surface area contributed by atoms with Crippen molar-refractivity contribution in [2.75, 3.05) is 6.54 Å². The number of rotatable bonds is 20. The summed E-state index contributed by atoms with van der Waals surface area (Å²) in [6.45, 7) is 16.1. The van der Waals surface area contributed by atoms with Gasteiger partial charge in [-0.1, -0.05) is 131 Å². The molecular formula is C30H61N. The van der Waals surface area contributed by atoms with E-state index in [2.05, 4.69) is 46.9 Å². The van der Waals surface area contributed by atoms with Gasteiger partial charge in [0, 0.05) is 5.54 Å². The Morgan fingerprint density at radius 1 is 0.548 bits per heavy atom. The van der Waals surface area contributed by atoms with Crippen LogP contribution in [0.4, 0.5) is 0 Å². The number of hydrogen-bond acceptors (Lipinski definition) is 1. The molecule has 1 heterocycles. The Morgan fingerprint density at radius 2 is 0.935 bits per heavy atom. The Labute approximate surface area is 198 Å². The van der Waals surface area contributed by atoms with E-state index >= 15 is 0 Å². The smallest absolute Gasteiger partial charge is 0.0289 e. The lowest BCUT2D eigenvalue weighted by Gasteiger charge is -2.58. The zero-order chi connectivity index (χ0) is 23.1. The molecule has 0 saturated carbocycles. The molecule has 0 amide bonds. The topological polar surface area (TPSA) is 12.0 Å². The third-order valence-electron chi connectivity index (χ3n) is 9.04. The molecule has 1 aliphatic rings. The molecule has 186 valence electrons. The lowest BCUT2D eigenvalue weighted by Crippen LogP contribution is -2.63. The summed E-state index contributed by atoms with van der Waals surface area (Å²) in [6, 6.07) is 0. The second-order valence-corrected chi connectivity index (χ2v) is 11.6. The third kappa shape index (κ3) is 8.35. The van der Waals surface area contributed by atoms with Gasteiger partial charge in [0.25, 0.3) is 0 Å². The van der Waals surface area contributed by atoms with E-state index < -0.39 is 0 Å². The van der Waals surface area contributed by atoms with Gasteiger partial charge in [0.15, 0.2) is 0 Å². The van der Waals surface area contributed by atoms with E-state index in [-0.39, 0.29) is 0 Å². The van der Waals surface area contributed by atoms with E-state index in [1.807, 2.05) is 0 Å². The molecule has 0 aromatic heterocycles. The molecule has 0 aromatic rings. The van der Waals surface area contributed by atoms with Gasteiger partial charge in [-0.2, -0.15) is 0 Å². The van der Waals surface area contributed by atoms with Crippen LogP contribution in [-0.2, 0) is 0 Å². The van der Waals surface area contributed by atoms with Crippen molar-refractivity contribution in [3.05, 3.63) is 0 Å². The molecule has 1 aliphatic heterocycles. The first-order chi connectivity index (χ1) is 14.9. The molecule has 0 radical (unpaired) electrons. The Morgan fingerprint density at radius 3 is 1.26 bits per heavy atom. The van der Waals surface area contributed by atoms with Crippen LogP contribution in [0.25, 0.3) is 0 Å². The normalized spacial score (nSPS) is 21.5. The lowest BCUT2D eigenvalue weighted by molar-refractivity contribution is -0.0360. The van der Waals surface area contributed by atoms with Crippen LogP contribution in [0, 0.1) is 10.8 Å². The molecule has 31 heavy (non-hydrogen) atoms. The van der Waals surface area contributed by atoms with E-state index in [0.29, 0.717) is 16.4 Å². The van der Waals surface area contributed by atoms with Crippen LogP contribution in [0.15, 0.2) is 0 Å². The first-order valence-electron chi connectivity index (χ1n) is 14.7. The van der Waals surface area contributed by atoms with E-state index in [9.17, 15) is 0 Å². The molecule has 2 unspecified atom stereocenters. The van der Waals surface area contributed by atoms with Crippen molar-refractivity contribution in [1.29, 1.82) is 0 Å². The van der Waals surface area contributed by atoms with Gasteiger partial charge < -0.3 is 5.32 Å². The fourth-order valence-electron chi connectivity index (χ4n) is 7.00. The maximum Gasteiger partial charge on any atom is 0.0289 e. The maximum atomic E-state index is 4.28. The van der Waals surface area contributed by atoms with Gasteiger partial charge in [0.05, 0.1) is 0 Å². The fraction of sp³-hybridized carbons (Fsp3) is 1.00. The van der Waals surface area contributed by atoms with Gasteiger partial charge in [-0.05, 0) is 55.9 Å². The second-order valence-electron chi connectivity index (χ2n) is 11.6. The quantitative estimate of drug-likeness (QED) is 0.187. The second kappa shape index (κ2) is 15.7. The molecule has 0 spiro atoms. The Balaban J connectivity index is 3.16. The Kier molecular flexibility index (Phi) is 14.7. The minimum absolute atomic E-state index is 0.347. The number of hydrogen-bond donors (Lipinski definition) is 1. The van der Waals surface area contributed by atoms with Crippen molar-refractivity contribution in [3.63, 3.8) is 0 Å². The SMILES string of the molecule is CCCCCCC(C)(CCCC)C1(C(C)(CCCCCC)CCCCCC)CCCN1. The maximum absolute atomic E-state index is 4.28. The summed E-state index contributed by atoms with van der Waals surface area (Å²) in [5.74, 6) is 0. The van der Waals surface area contributed by atoms with Crippen LogP contribution in [0.2, 0.25) is 0 Å². The van der Waals surface area contributed by atoms with Crippen molar-refractivity contribution in [3.8, 4) is 0 Å². The zero-order valence-corrected chi connectivity index (χ0v) is 22.8. The van der Waals surface area contributed by atoms with Gasteiger partial charge in [0.2, 0.25) is 0 Å². The van der Waals surface area contributed by atoms with Gasteiger partial charge in [-0.15, -0.1) is 0 Å². The van der Waals surface area contributed by atoms with Crippen LogP contribution in [0.5, 0.6) is 0 Å². The molecule has 0 aliphatic carbocycles. The predicted octanol–water partition coefficient (Wildman–Crippen LogP) is 10.2. The van der Waals surface area contributed by atoms with E-state index in [1.165, 1.54) is 135 Å². The summed E-state index contributed by atoms with van der Waals surface area (Å²) in [6.07, 6.45) is 28.1. The van der Waals surface area contributed by atoms with Gasteiger partial charge >= 0.3 is 0 Å². The molecular weight excluding hydrogens is 374 g/mol. The van der Waals surface area contributed by atoms with Crippen molar-refractivity contribution >= 4 is 0 Å². The zero-order valence-electron chi connectivity index (χ0n) is 22.8. The molecule has 0 bridgehead atoms. The number of unbranched alkanes of at least 4 members (excludes halogenated alkanes) is 10. The summed E-state index contributed by atoms with van der Waals surface area (Å²) in [4.78, 5) is 0. The predicted molar refractivity (Wildman–Crippen MR) is 142 cm³/mol. The van der Waals surface area contributed by atoms with Crippen molar-refractivity contribution in [2.45, 2.75) is 175 Å². The van der Waals surface area contributed by atoms with E-state index in [4.69, 9.17) is 0 Å². The molecule has 1 saturated heterocycles. The Hall–Kier alpha value is -0.0400. The van der Waals surface area contributed by atoms with E-state index in [1.54, 1.807) is 0 Å². The molecule has 1 rings (SSSR count). The Bertz CT molecular complexity index is 410. The van der Waals surface area contributed by atoms with Gasteiger partial charge in [-0.25, -0.2) is 0 Å². The summed E-state index contributed by atoms with van der Waals surface area (Å²) in [7, 11) is 0. The highest BCUT2D eigenvalue weighted by molar-refractivity contribution is 5.14. The lowest BCUT2D eigenvalue weighted by atomic mass is 9.51. The minimum Gasteiger partial charge on any atom is -0.310 e. The van der Waals surface area contributed by atoms with Crippen LogP contribution in [0.1, 0.15) is 170 Å². The summed E-state index contributed by atoms with van der Waals surface area (Å²) < 4.78 is 0. The largest absolute Gasteiger partial charge is 0.310 e. The summed E-state index contributed by atoms with van der Waals surface area (Å²) in [5.41, 5.74) is 1.23. The molecule has 0 aromatic carbocycles. The third-order valence-corrected chi connectivity index (χ3v) is 9.04. The first-order valence-corrected chi connectivity index (χ1v) is 14.7. The first kappa shape index (κ1) is 29.0. The fourth-order valence-corrected chi connectivity index (χ4v) is 7.00. The van der Waals surface area contributed by atoms with Crippen molar-refractivity contribution in [1.82, 2.24) is 5.32 Å². The van der Waals surface area contributed by atoms with Crippen LogP contribution in [-0.4, -0.2) is 12.1 Å². The van der Waals surface area contributed by atoms with Crippen LogP contribution in [0.3, 0.4) is 0 Å². The molecule has 1 N–H and O–H groups in total. The van der Waals surface area contributed by atoms with Crippen LogP contribution < -0.4 is 5.32 Å². The highest BCUT2D eigenvalue weighted by Gasteiger charge is 2.58. The summed E-state index contributed by atoms with van der Waals surface area (Å²) >= 11 is 0. The molecule has 1 nitrogen and oxygen atoms in total.